The number of aliphatic hydroxyl groups is 1. The summed E-state index contributed by atoms with van der Waals surface area (Å²) in [5.74, 6) is 0.0821. The lowest BCUT2D eigenvalue weighted by molar-refractivity contribution is 0.198. The first-order chi connectivity index (χ1) is 8.11. The predicted molar refractivity (Wildman–Crippen MR) is 69.5 cm³/mol. The molecular formula is C11H14BrN3O2. The maximum atomic E-state index is 9.50. The fraction of sp³-hybridized carbons (Fsp3) is 0.364. The fourth-order valence-electron chi connectivity index (χ4n) is 1.94. The van der Waals surface area contributed by atoms with Crippen LogP contribution < -0.4 is 10.6 Å². The number of β-amino-alcohol motifs (C(OH)–C–C–N with tert-alkyl or cyclic N) is 1. The molecular weight excluding hydrogens is 286 g/mol. The van der Waals surface area contributed by atoms with Gasteiger partial charge in [0.15, 0.2) is 5.84 Å². The van der Waals surface area contributed by atoms with E-state index in [0.29, 0.717) is 12.1 Å². The third-order valence-electron chi connectivity index (χ3n) is 2.86. The van der Waals surface area contributed by atoms with Crippen LogP contribution in [-0.4, -0.2) is 35.3 Å². The minimum Gasteiger partial charge on any atom is -0.409 e. The molecule has 6 heteroatoms. The van der Waals surface area contributed by atoms with E-state index in [4.69, 9.17) is 10.9 Å². The molecule has 0 spiro atoms. The molecule has 1 aromatic carbocycles. The summed E-state index contributed by atoms with van der Waals surface area (Å²) >= 11 is 3.46. The van der Waals surface area contributed by atoms with Crippen LogP contribution in [0.2, 0.25) is 0 Å². The zero-order valence-corrected chi connectivity index (χ0v) is 10.8. The Bertz CT molecular complexity index is 450. The molecule has 0 saturated carbocycles. The van der Waals surface area contributed by atoms with Gasteiger partial charge in [0.05, 0.1) is 11.8 Å². The number of benzene rings is 1. The zero-order valence-electron chi connectivity index (χ0n) is 9.17. The number of aliphatic hydroxyl groups excluding tert-OH is 1. The molecule has 1 fully saturated rings. The molecule has 1 saturated heterocycles. The van der Waals surface area contributed by atoms with E-state index in [9.17, 15) is 5.11 Å². The van der Waals surface area contributed by atoms with Crippen molar-refractivity contribution in [3.63, 3.8) is 0 Å². The minimum atomic E-state index is -0.259. The lowest BCUT2D eigenvalue weighted by atomic mass is 10.2. The maximum absolute atomic E-state index is 9.50. The third-order valence-corrected chi connectivity index (χ3v) is 3.49. The Morgan fingerprint density at radius 3 is 2.82 bits per heavy atom. The second kappa shape index (κ2) is 4.93. The molecule has 17 heavy (non-hydrogen) atoms. The van der Waals surface area contributed by atoms with E-state index in [1.807, 2.05) is 6.07 Å². The quantitative estimate of drug-likeness (QED) is 0.331. The van der Waals surface area contributed by atoms with Gasteiger partial charge in [0, 0.05) is 23.1 Å². The predicted octanol–water partition coefficient (Wildman–Crippen LogP) is 1.11. The van der Waals surface area contributed by atoms with Crippen molar-refractivity contribution in [3.8, 4) is 0 Å². The molecule has 1 aliphatic rings. The van der Waals surface area contributed by atoms with Crippen molar-refractivity contribution in [2.24, 2.45) is 10.9 Å². The van der Waals surface area contributed by atoms with Crippen LogP contribution >= 0.6 is 15.9 Å². The molecule has 0 amide bonds. The number of nitrogens with two attached hydrogens (primary N) is 1. The van der Waals surface area contributed by atoms with Gasteiger partial charge in [0.25, 0.3) is 0 Å². The molecule has 92 valence electrons. The molecule has 2 rings (SSSR count). The normalized spacial score (nSPS) is 20.9. The number of halogens is 1. The van der Waals surface area contributed by atoms with Gasteiger partial charge in [-0.1, -0.05) is 5.16 Å². The van der Waals surface area contributed by atoms with Crippen LogP contribution in [0.4, 0.5) is 5.69 Å². The molecule has 1 atom stereocenters. The summed E-state index contributed by atoms with van der Waals surface area (Å²) in [4.78, 5) is 2.10. The zero-order chi connectivity index (χ0) is 12.4. The number of nitrogens with zero attached hydrogens (tertiary/aromatic N) is 2. The first kappa shape index (κ1) is 12.2. The molecule has 1 unspecified atom stereocenters. The monoisotopic (exact) mass is 299 g/mol. The summed E-state index contributed by atoms with van der Waals surface area (Å²) in [5.41, 5.74) is 7.18. The van der Waals surface area contributed by atoms with Gasteiger partial charge < -0.3 is 20.9 Å². The molecule has 0 aromatic heterocycles. The SMILES string of the molecule is N/C(=N/O)c1ccc(N2CCC(O)C2)c(Br)c1. The van der Waals surface area contributed by atoms with Crippen LogP contribution in [-0.2, 0) is 0 Å². The summed E-state index contributed by atoms with van der Waals surface area (Å²) in [6.07, 6.45) is 0.527. The Labute approximate surface area is 108 Å². The van der Waals surface area contributed by atoms with E-state index in [-0.39, 0.29) is 11.9 Å². The molecule has 0 aliphatic carbocycles. The molecule has 5 nitrogen and oxygen atoms in total. The van der Waals surface area contributed by atoms with Gasteiger partial charge in [-0.2, -0.15) is 0 Å². The minimum absolute atomic E-state index is 0.0821. The molecule has 0 radical (unpaired) electrons. The van der Waals surface area contributed by atoms with E-state index in [1.165, 1.54) is 0 Å². The Kier molecular flexibility index (Phi) is 3.54. The van der Waals surface area contributed by atoms with Crippen LogP contribution in [0.1, 0.15) is 12.0 Å². The van der Waals surface area contributed by atoms with Gasteiger partial charge in [0.1, 0.15) is 0 Å². The van der Waals surface area contributed by atoms with E-state index >= 15 is 0 Å². The number of hydrogen-bond donors (Lipinski definition) is 3. The standard InChI is InChI=1S/C11H14BrN3O2/c12-9-5-7(11(13)14-17)1-2-10(9)15-4-3-8(16)6-15/h1-2,5,8,16-17H,3-4,6H2,(H2,13,14). The average molecular weight is 300 g/mol. The van der Waals surface area contributed by atoms with Crippen LogP contribution in [0.3, 0.4) is 0 Å². The second-order valence-electron chi connectivity index (χ2n) is 4.04. The van der Waals surface area contributed by atoms with E-state index in [1.54, 1.807) is 12.1 Å². The highest BCUT2D eigenvalue weighted by Crippen LogP contribution is 2.29. The Hall–Kier alpha value is -1.27. The maximum Gasteiger partial charge on any atom is 0.170 e. The second-order valence-corrected chi connectivity index (χ2v) is 4.89. The first-order valence-electron chi connectivity index (χ1n) is 5.32. The summed E-state index contributed by atoms with van der Waals surface area (Å²) in [5, 5.41) is 21.1. The topological polar surface area (TPSA) is 82.1 Å². The lowest BCUT2D eigenvalue weighted by Crippen LogP contribution is -2.22. The van der Waals surface area contributed by atoms with Gasteiger partial charge in [-0.25, -0.2) is 0 Å². The highest BCUT2D eigenvalue weighted by atomic mass is 79.9. The van der Waals surface area contributed by atoms with Gasteiger partial charge in [-0.3, -0.25) is 0 Å². The smallest absolute Gasteiger partial charge is 0.170 e. The average Bonchev–Trinajstić information content (AvgIpc) is 2.74. The highest BCUT2D eigenvalue weighted by molar-refractivity contribution is 9.10. The number of amidine groups is 1. The van der Waals surface area contributed by atoms with Gasteiger partial charge in [0.2, 0.25) is 0 Å². The van der Waals surface area contributed by atoms with Crippen molar-refractivity contribution in [1.29, 1.82) is 0 Å². The van der Waals surface area contributed by atoms with Gasteiger partial charge in [-0.15, -0.1) is 0 Å². The van der Waals surface area contributed by atoms with Crippen LogP contribution in [0, 0.1) is 0 Å². The fourth-order valence-corrected chi connectivity index (χ4v) is 2.57. The van der Waals surface area contributed by atoms with Crippen molar-refractivity contribution in [3.05, 3.63) is 28.2 Å². The molecule has 1 aliphatic heterocycles. The van der Waals surface area contributed by atoms with Crippen molar-refractivity contribution in [1.82, 2.24) is 0 Å². The van der Waals surface area contributed by atoms with Crippen molar-refractivity contribution in [2.45, 2.75) is 12.5 Å². The van der Waals surface area contributed by atoms with E-state index in [2.05, 4.69) is 26.0 Å². The van der Waals surface area contributed by atoms with E-state index in [0.717, 1.165) is 23.1 Å². The summed E-state index contributed by atoms with van der Waals surface area (Å²) in [6.45, 7) is 1.48. The Morgan fingerprint density at radius 1 is 1.53 bits per heavy atom. The summed E-state index contributed by atoms with van der Waals surface area (Å²) in [6, 6.07) is 5.49. The van der Waals surface area contributed by atoms with Crippen molar-refractivity contribution < 1.29 is 10.3 Å². The van der Waals surface area contributed by atoms with Gasteiger partial charge >= 0.3 is 0 Å². The van der Waals surface area contributed by atoms with E-state index < -0.39 is 0 Å². The number of hydrogen-bond acceptors (Lipinski definition) is 4. The van der Waals surface area contributed by atoms with Gasteiger partial charge in [-0.05, 0) is 40.5 Å². The van der Waals surface area contributed by atoms with Crippen LogP contribution in [0.25, 0.3) is 0 Å². The molecule has 0 bridgehead atoms. The number of anilines is 1. The third kappa shape index (κ3) is 2.53. The number of rotatable bonds is 2. The molecule has 1 aromatic rings. The summed E-state index contributed by atoms with van der Waals surface area (Å²) < 4.78 is 0.871. The summed E-state index contributed by atoms with van der Waals surface area (Å²) in [7, 11) is 0. The van der Waals surface area contributed by atoms with Crippen molar-refractivity contribution in [2.75, 3.05) is 18.0 Å². The van der Waals surface area contributed by atoms with Crippen LogP contribution in [0.15, 0.2) is 27.8 Å². The largest absolute Gasteiger partial charge is 0.409 e. The lowest BCUT2D eigenvalue weighted by Gasteiger charge is -2.19. The molecule has 1 heterocycles. The Balaban J connectivity index is 2.26. The first-order valence-corrected chi connectivity index (χ1v) is 6.11. The Morgan fingerprint density at radius 2 is 2.29 bits per heavy atom. The van der Waals surface area contributed by atoms with Crippen LogP contribution in [0.5, 0.6) is 0 Å². The number of oxime groups is 1. The molecule has 4 N–H and O–H groups in total. The highest BCUT2D eigenvalue weighted by Gasteiger charge is 2.22. The van der Waals surface area contributed by atoms with Crippen molar-refractivity contribution >= 4 is 27.5 Å².